The summed E-state index contributed by atoms with van der Waals surface area (Å²) in [5.41, 5.74) is 2.31. The molecule has 0 amide bonds. The van der Waals surface area contributed by atoms with E-state index in [0.717, 1.165) is 0 Å². The zero-order valence-electron chi connectivity index (χ0n) is 6.39. The minimum Gasteiger partial charge on any atom is -0.0982 e. The second-order valence-corrected chi connectivity index (χ2v) is 5.03. The summed E-state index contributed by atoms with van der Waals surface area (Å²) < 4.78 is 0. The van der Waals surface area contributed by atoms with Crippen LogP contribution in [0.2, 0.25) is 13.1 Å². The second-order valence-electron chi connectivity index (χ2n) is 2.15. The molecule has 0 radical (unpaired) electrons. The van der Waals surface area contributed by atoms with Crippen molar-refractivity contribution < 1.29 is 21.7 Å². The molecule has 0 aromatic heterocycles. The SMILES string of the molecule is CC=CC=C[SiH](C)C.[Ti]. The molecule has 50 valence electrons. The Labute approximate surface area is 74.5 Å². The van der Waals surface area contributed by atoms with Gasteiger partial charge in [-0.1, -0.05) is 37.0 Å². The van der Waals surface area contributed by atoms with Crippen molar-refractivity contribution in [3.63, 3.8) is 0 Å². The Kier molecular flexibility index (Phi) is 11.3. The molecule has 0 spiro atoms. The van der Waals surface area contributed by atoms with Gasteiger partial charge in [-0.25, -0.2) is 0 Å². The Morgan fingerprint density at radius 1 is 1.11 bits per heavy atom. The van der Waals surface area contributed by atoms with Gasteiger partial charge in [0.2, 0.25) is 0 Å². The summed E-state index contributed by atoms with van der Waals surface area (Å²) in [6, 6.07) is 0. The summed E-state index contributed by atoms with van der Waals surface area (Å²) in [5.74, 6) is 0. The quantitative estimate of drug-likeness (QED) is 0.444. The van der Waals surface area contributed by atoms with Gasteiger partial charge in [0.05, 0.1) is 8.80 Å². The number of rotatable bonds is 2. The fourth-order valence-electron chi connectivity index (χ4n) is 0.397. The zero-order valence-corrected chi connectivity index (χ0v) is 9.10. The fraction of sp³-hybridized carbons (Fsp3) is 0.429. The molecule has 0 bridgehead atoms. The Hall–Kier alpha value is 0.411. The van der Waals surface area contributed by atoms with Crippen LogP contribution in [0.15, 0.2) is 23.9 Å². The molecule has 0 aliphatic heterocycles. The number of hydrogen-bond donors (Lipinski definition) is 0. The summed E-state index contributed by atoms with van der Waals surface area (Å²) in [6.07, 6.45) is 6.26. The molecule has 0 unspecified atom stereocenters. The summed E-state index contributed by atoms with van der Waals surface area (Å²) in [7, 11) is -0.434. The maximum absolute atomic E-state index is 2.31. The molecule has 0 N–H and O–H groups in total. The van der Waals surface area contributed by atoms with E-state index >= 15 is 0 Å². The Bertz CT molecular complexity index is 95.1. The molecular formula is C7H14SiTi. The third kappa shape index (κ3) is 11.8. The van der Waals surface area contributed by atoms with Gasteiger partial charge < -0.3 is 0 Å². The topological polar surface area (TPSA) is 0 Å². The van der Waals surface area contributed by atoms with Crippen LogP contribution < -0.4 is 0 Å². The molecule has 0 fully saturated rings. The summed E-state index contributed by atoms with van der Waals surface area (Å²) >= 11 is 0. The maximum Gasteiger partial charge on any atom is 0.0554 e. The largest absolute Gasteiger partial charge is 0.0982 e. The van der Waals surface area contributed by atoms with Crippen molar-refractivity contribution in [1.82, 2.24) is 0 Å². The van der Waals surface area contributed by atoms with Crippen LogP contribution in [0.3, 0.4) is 0 Å². The average Bonchev–Trinajstić information content (AvgIpc) is 1.66. The summed E-state index contributed by atoms with van der Waals surface area (Å²) in [6.45, 7) is 6.65. The van der Waals surface area contributed by atoms with Crippen molar-refractivity contribution in [3.8, 4) is 0 Å². The van der Waals surface area contributed by atoms with Crippen molar-refractivity contribution in [2.45, 2.75) is 20.0 Å². The molecule has 0 saturated heterocycles. The minimum absolute atomic E-state index is 0. The van der Waals surface area contributed by atoms with Crippen molar-refractivity contribution >= 4 is 8.80 Å². The van der Waals surface area contributed by atoms with Crippen LogP contribution in [0, 0.1) is 0 Å². The Morgan fingerprint density at radius 3 is 2.00 bits per heavy atom. The summed E-state index contributed by atoms with van der Waals surface area (Å²) in [4.78, 5) is 0. The predicted octanol–water partition coefficient (Wildman–Crippen LogP) is 2.14. The van der Waals surface area contributed by atoms with Crippen LogP contribution in [0.25, 0.3) is 0 Å². The molecule has 0 aromatic carbocycles. The van der Waals surface area contributed by atoms with Gasteiger partial charge in [-0.15, -0.1) is 0 Å². The van der Waals surface area contributed by atoms with Crippen molar-refractivity contribution in [1.29, 1.82) is 0 Å². The maximum atomic E-state index is 2.31. The molecule has 0 aliphatic rings. The van der Waals surface area contributed by atoms with Crippen molar-refractivity contribution in [3.05, 3.63) is 23.9 Å². The van der Waals surface area contributed by atoms with E-state index in [2.05, 4.69) is 30.9 Å². The van der Waals surface area contributed by atoms with Gasteiger partial charge in [0.1, 0.15) is 0 Å². The molecule has 9 heavy (non-hydrogen) atoms. The van der Waals surface area contributed by atoms with E-state index in [0.29, 0.717) is 0 Å². The van der Waals surface area contributed by atoms with E-state index in [9.17, 15) is 0 Å². The molecule has 2 heteroatoms. The predicted molar refractivity (Wildman–Crippen MR) is 42.8 cm³/mol. The van der Waals surface area contributed by atoms with Gasteiger partial charge in [-0.05, 0) is 6.92 Å². The Balaban J connectivity index is 0. The van der Waals surface area contributed by atoms with Gasteiger partial charge in [-0.3, -0.25) is 0 Å². The van der Waals surface area contributed by atoms with Gasteiger partial charge in [0, 0.05) is 21.7 Å². The van der Waals surface area contributed by atoms with Crippen LogP contribution in [-0.2, 0) is 21.7 Å². The normalized spacial score (nSPS) is 11.1. The van der Waals surface area contributed by atoms with E-state index in [1.807, 2.05) is 13.0 Å². The summed E-state index contributed by atoms with van der Waals surface area (Å²) in [5, 5.41) is 0. The van der Waals surface area contributed by atoms with Gasteiger partial charge in [0.15, 0.2) is 0 Å². The smallest absolute Gasteiger partial charge is 0.0554 e. The monoisotopic (exact) mass is 174 g/mol. The first-order valence-corrected chi connectivity index (χ1v) is 6.04. The molecule has 0 aromatic rings. The molecular weight excluding hydrogens is 160 g/mol. The molecule has 0 heterocycles. The van der Waals surface area contributed by atoms with E-state index in [1.54, 1.807) is 0 Å². The molecule has 0 nitrogen and oxygen atoms in total. The van der Waals surface area contributed by atoms with Gasteiger partial charge in [-0.2, -0.15) is 0 Å². The zero-order chi connectivity index (χ0) is 6.41. The van der Waals surface area contributed by atoms with Crippen molar-refractivity contribution in [2.75, 3.05) is 0 Å². The van der Waals surface area contributed by atoms with Crippen LogP contribution >= 0.6 is 0 Å². The van der Waals surface area contributed by atoms with Gasteiger partial charge in [0.25, 0.3) is 0 Å². The Morgan fingerprint density at radius 2 is 1.67 bits per heavy atom. The minimum atomic E-state index is -0.434. The van der Waals surface area contributed by atoms with E-state index < -0.39 is 8.80 Å². The number of allylic oxidation sites excluding steroid dienone is 3. The molecule has 0 saturated carbocycles. The average molecular weight is 174 g/mol. The van der Waals surface area contributed by atoms with Crippen LogP contribution in [-0.4, -0.2) is 8.80 Å². The van der Waals surface area contributed by atoms with E-state index in [4.69, 9.17) is 0 Å². The molecule has 0 rings (SSSR count). The third-order valence-corrected chi connectivity index (χ3v) is 1.79. The van der Waals surface area contributed by atoms with Crippen LogP contribution in [0.1, 0.15) is 6.92 Å². The van der Waals surface area contributed by atoms with Crippen LogP contribution in [0.4, 0.5) is 0 Å². The van der Waals surface area contributed by atoms with Crippen molar-refractivity contribution in [2.24, 2.45) is 0 Å². The van der Waals surface area contributed by atoms with Crippen LogP contribution in [0.5, 0.6) is 0 Å². The number of hydrogen-bond acceptors (Lipinski definition) is 0. The fourth-order valence-corrected chi connectivity index (χ4v) is 0.970. The first-order chi connectivity index (χ1) is 3.77. The molecule has 0 aliphatic carbocycles. The van der Waals surface area contributed by atoms with Gasteiger partial charge >= 0.3 is 0 Å². The standard InChI is InChI=1S/C7H14Si.Ti/c1-4-5-6-7-8(2)3;/h4-8H,1-3H3;. The van der Waals surface area contributed by atoms with E-state index in [1.165, 1.54) is 0 Å². The molecule has 0 atom stereocenters. The second kappa shape index (κ2) is 8.41. The first-order valence-electron chi connectivity index (χ1n) is 3.07. The first kappa shape index (κ1) is 12.1. The third-order valence-electron chi connectivity index (χ3n) is 0.800. The van der Waals surface area contributed by atoms with E-state index in [-0.39, 0.29) is 21.7 Å².